The molecule has 0 aliphatic carbocycles. The van der Waals surface area contributed by atoms with Crippen LogP contribution in [0.3, 0.4) is 0 Å². The quantitative estimate of drug-likeness (QED) is 0.753. The van der Waals surface area contributed by atoms with Crippen molar-refractivity contribution in [1.29, 1.82) is 0 Å². The summed E-state index contributed by atoms with van der Waals surface area (Å²) in [6, 6.07) is 15.4. The summed E-state index contributed by atoms with van der Waals surface area (Å²) in [5.41, 5.74) is 1.08. The van der Waals surface area contributed by atoms with Gasteiger partial charge >= 0.3 is 0 Å². The van der Waals surface area contributed by atoms with Crippen LogP contribution >= 0.6 is 11.6 Å². The highest BCUT2D eigenvalue weighted by Crippen LogP contribution is 2.17. The van der Waals surface area contributed by atoms with E-state index >= 15 is 0 Å². The maximum absolute atomic E-state index is 13.0. The Morgan fingerprint density at radius 2 is 1.79 bits per heavy atom. The fourth-order valence-corrected chi connectivity index (χ4v) is 2.41. The van der Waals surface area contributed by atoms with E-state index in [0.717, 1.165) is 0 Å². The summed E-state index contributed by atoms with van der Waals surface area (Å²) in [6.07, 6.45) is 0. The normalized spacial score (nSPS) is 10.4. The molecule has 0 unspecified atom stereocenters. The molecule has 2 aromatic carbocycles. The van der Waals surface area contributed by atoms with Gasteiger partial charge in [-0.1, -0.05) is 17.7 Å². The Hall–Kier alpha value is -2.92. The lowest BCUT2D eigenvalue weighted by molar-refractivity contribution is 0.102. The van der Waals surface area contributed by atoms with Crippen LogP contribution in [-0.2, 0) is 0 Å². The molecule has 0 fully saturated rings. The number of nitrogens with one attached hydrogen (secondary N) is 2. The fraction of sp³-hybridized carbons (Fsp3) is 0. The van der Waals surface area contributed by atoms with Crippen molar-refractivity contribution >= 4 is 23.2 Å². The van der Waals surface area contributed by atoms with Crippen molar-refractivity contribution in [3.63, 3.8) is 0 Å². The molecule has 1 amide bonds. The van der Waals surface area contributed by atoms with Gasteiger partial charge in [0, 0.05) is 16.4 Å². The zero-order valence-electron chi connectivity index (χ0n) is 12.3. The highest BCUT2D eigenvalue weighted by Gasteiger charge is 2.12. The van der Waals surface area contributed by atoms with E-state index in [1.54, 1.807) is 42.5 Å². The molecule has 1 heterocycles. The van der Waals surface area contributed by atoms with Gasteiger partial charge in [-0.15, -0.1) is 0 Å². The van der Waals surface area contributed by atoms with Crippen LogP contribution in [0.2, 0.25) is 5.02 Å². The smallest absolute Gasteiger partial charge is 0.261 e. The number of aromatic amines is 1. The number of pyridine rings is 1. The van der Waals surface area contributed by atoms with Gasteiger partial charge in [-0.05, 0) is 60.2 Å². The topological polar surface area (TPSA) is 62.0 Å². The van der Waals surface area contributed by atoms with Crippen molar-refractivity contribution in [2.75, 3.05) is 5.32 Å². The number of H-pyrrole nitrogens is 1. The summed E-state index contributed by atoms with van der Waals surface area (Å²) < 4.78 is 13.0. The SMILES string of the molecule is O=C(Nc1cccc(Cl)c1)c1ccc(-c2ccc(F)cc2)[nH]c1=O. The molecule has 0 atom stereocenters. The van der Waals surface area contributed by atoms with Crippen LogP contribution < -0.4 is 10.9 Å². The fourth-order valence-electron chi connectivity index (χ4n) is 2.21. The Kier molecular flexibility index (Phi) is 4.44. The number of carbonyl (C=O) groups is 1. The minimum absolute atomic E-state index is 0.0270. The molecule has 0 saturated carbocycles. The largest absolute Gasteiger partial charge is 0.322 e. The van der Waals surface area contributed by atoms with Crippen molar-refractivity contribution in [3.05, 3.63) is 87.4 Å². The highest BCUT2D eigenvalue weighted by molar-refractivity contribution is 6.30. The Morgan fingerprint density at radius 3 is 2.46 bits per heavy atom. The third-order valence-electron chi connectivity index (χ3n) is 3.39. The second kappa shape index (κ2) is 6.68. The molecule has 3 rings (SSSR count). The van der Waals surface area contributed by atoms with Crippen LogP contribution in [-0.4, -0.2) is 10.9 Å². The summed E-state index contributed by atoms with van der Waals surface area (Å²) >= 11 is 5.86. The zero-order chi connectivity index (χ0) is 17.1. The number of hydrogen-bond acceptors (Lipinski definition) is 2. The van der Waals surface area contributed by atoms with E-state index in [0.29, 0.717) is 22.0 Å². The third-order valence-corrected chi connectivity index (χ3v) is 3.63. The minimum atomic E-state index is -0.538. The van der Waals surface area contributed by atoms with Crippen molar-refractivity contribution in [1.82, 2.24) is 4.98 Å². The summed E-state index contributed by atoms with van der Waals surface area (Å²) in [7, 11) is 0. The van der Waals surface area contributed by atoms with Gasteiger partial charge in [-0.25, -0.2) is 4.39 Å². The summed E-state index contributed by atoms with van der Waals surface area (Å²) in [6.45, 7) is 0. The van der Waals surface area contributed by atoms with Crippen LogP contribution in [0.4, 0.5) is 10.1 Å². The number of amides is 1. The summed E-state index contributed by atoms with van der Waals surface area (Å²) in [4.78, 5) is 27.0. The maximum Gasteiger partial charge on any atom is 0.261 e. The molecule has 0 aliphatic rings. The first-order valence-corrected chi connectivity index (χ1v) is 7.47. The molecular formula is C18H12ClFN2O2. The van der Waals surface area contributed by atoms with Crippen LogP contribution in [0.25, 0.3) is 11.3 Å². The maximum atomic E-state index is 13.0. The van der Waals surface area contributed by atoms with Crippen LogP contribution in [0.15, 0.2) is 65.5 Å². The van der Waals surface area contributed by atoms with Gasteiger partial charge in [0.1, 0.15) is 11.4 Å². The molecule has 0 bridgehead atoms. The molecular weight excluding hydrogens is 331 g/mol. The molecule has 2 N–H and O–H groups in total. The molecule has 3 aromatic rings. The lowest BCUT2D eigenvalue weighted by atomic mass is 10.1. The number of rotatable bonds is 3. The predicted molar refractivity (Wildman–Crippen MR) is 91.9 cm³/mol. The van der Waals surface area contributed by atoms with E-state index in [4.69, 9.17) is 11.6 Å². The standard InChI is InChI=1S/C18H12ClFN2O2/c19-12-2-1-3-14(10-12)21-17(23)15-8-9-16(22-18(15)24)11-4-6-13(20)7-5-11/h1-10H,(H,21,23)(H,22,24). The van der Waals surface area contributed by atoms with E-state index in [2.05, 4.69) is 10.3 Å². The molecule has 1 aromatic heterocycles. The molecule has 0 radical (unpaired) electrons. The Labute approximate surface area is 141 Å². The summed E-state index contributed by atoms with van der Waals surface area (Å²) in [5, 5.41) is 3.09. The van der Waals surface area contributed by atoms with Crippen molar-refractivity contribution < 1.29 is 9.18 Å². The van der Waals surface area contributed by atoms with Gasteiger partial charge < -0.3 is 10.3 Å². The lowest BCUT2D eigenvalue weighted by Crippen LogP contribution is -2.23. The Balaban J connectivity index is 1.85. The van der Waals surface area contributed by atoms with Crippen LogP contribution in [0.1, 0.15) is 10.4 Å². The Morgan fingerprint density at radius 1 is 1.04 bits per heavy atom. The first-order chi connectivity index (χ1) is 11.5. The predicted octanol–water partition coefficient (Wildman–Crippen LogP) is 4.09. The molecule has 0 saturated heterocycles. The van der Waals surface area contributed by atoms with Gasteiger partial charge in [0.25, 0.3) is 11.5 Å². The second-order valence-electron chi connectivity index (χ2n) is 5.09. The molecule has 24 heavy (non-hydrogen) atoms. The average Bonchev–Trinajstić information content (AvgIpc) is 2.55. The van der Waals surface area contributed by atoms with E-state index in [1.807, 2.05) is 0 Å². The molecule has 0 aliphatic heterocycles. The highest BCUT2D eigenvalue weighted by atomic mass is 35.5. The minimum Gasteiger partial charge on any atom is -0.322 e. The van der Waals surface area contributed by atoms with Crippen molar-refractivity contribution in [2.24, 2.45) is 0 Å². The van der Waals surface area contributed by atoms with Crippen LogP contribution in [0.5, 0.6) is 0 Å². The van der Waals surface area contributed by atoms with E-state index in [1.165, 1.54) is 18.2 Å². The van der Waals surface area contributed by atoms with Gasteiger partial charge in [0.2, 0.25) is 0 Å². The Bertz CT molecular complexity index is 952. The molecule has 6 heteroatoms. The summed E-state index contributed by atoms with van der Waals surface area (Å²) in [5.74, 6) is -0.900. The van der Waals surface area contributed by atoms with Crippen LogP contribution in [0, 0.1) is 5.82 Å². The first kappa shape index (κ1) is 16.0. The van der Waals surface area contributed by atoms with E-state index < -0.39 is 11.5 Å². The number of aromatic nitrogens is 1. The first-order valence-electron chi connectivity index (χ1n) is 7.09. The molecule has 4 nitrogen and oxygen atoms in total. The number of anilines is 1. The van der Waals surface area contributed by atoms with Crippen molar-refractivity contribution in [2.45, 2.75) is 0 Å². The van der Waals surface area contributed by atoms with Gasteiger partial charge in [-0.3, -0.25) is 9.59 Å². The number of carbonyl (C=O) groups excluding carboxylic acids is 1. The lowest BCUT2D eigenvalue weighted by Gasteiger charge is -2.06. The molecule has 0 spiro atoms. The zero-order valence-corrected chi connectivity index (χ0v) is 13.1. The van der Waals surface area contributed by atoms with Gasteiger partial charge in [-0.2, -0.15) is 0 Å². The molecule has 120 valence electrons. The number of halogens is 2. The van der Waals surface area contributed by atoms with E-state index in [-0.39, 0.29) is 11.4 Å². The van der Waals surface area contributed by atoms with Gasteiger partial charge in [0.15, 0.2) is 0 Å². The van der Waals surface area contributed by atoms with Crippen molar-refractivity contribution in [3.8, 4) is 11.3 Å². The van der Waals surface area contributed by atoms with E-state index in [9.17, 15) is 14.0 Å². The number of hydrogen-bond donors (Lipinski definition) is 2. The third kappa shape index (κ3) is 3.52. The average molecular weight is 343 g/mol. The van der Waals surface area contributed by atoms with Gasteiger partial charge in [0.05, 0.1) is 0 Å². The number of benzene rings is 2. The second-order valence-corrected chi connectivity index (χ2v) is 5.52. The monoisotopic (exact) mass is 342 g/mol.